The third-order valence-electron chi connectivity index (χ3n) is 9.56. The number of hydrogen-bond acceptors (Lipinski definition) is 9. The van der Waals surface area contributed by atoms with Gasteiger partial charge in [-0.15, -0.1) is 11.3 Å². The lowest BCUT2D eigenvalue weighted by molar-refractivity contribution is -0.137. The molecule has 2 N–H and O–H groups in total. The number of thiophene rings is 1. The number of hydrogen-bond donors (Lipinski definition) is 1. The van der Waals surface area contributed by atoms with E-state index in [-0.39, 0.29) is 46.8 Å². The number of carbonyl (C=O) groups is 1. The van der Waals surface area contributed by atoms with E-state index in [1.165, 1.54) is 0 Å². The summed E-state index contributed by atoms with van der Waals surface area (Å²) in [5, 5.41) is 8.67. The van der Waals surface area contributed by atoms with E-state index in [9.17, 15) is 32.0 Å². The summed E-state index contributed by atoms with van der Waals surface area (Å²) >= 11 is 0.624. The highest BCUT2D eigenvalue weighted by atomic mass is 32.1. The SMILES string of the molecule is C=CC(=O)N1CC(F)C(Oc2nc(OCC34CCCN3CC(F)C4)nc3c(F)c(-c4ccc(F)c5sc(N)c(C#N)c45)c(C(F)(F)F)cc23)C1. The first kappa shape index (κ1) is 33.8. The lowest BCUT2D eigenvalue weighted by Crippen LogP contribution is -2.43. The fourth-order valence-corrected chi connectivity index (χ4v) is 8.22. The number of ether oxygens (including phenoxy) is 2. The summed E-state index contributed by atoms with van der Waals surface area (Å²) in [4.78, 5) is 23.5. The Kier molecular flexibility index (Phi) is 8.29. The first-order valence-electron chi connectivity index (χ1n) is 15.5. The number of aromatic nitrogens is 2. The van der Waals surface area contributed by atoms with Gasteiger partial charge in [0.05, 0.1) is 39.8 Å². The van der Waals surface area contributed by atoms with Crippen LogP contribution in [0.3, 0.4) is 0 Å². The molecule has 7 rings (SSSR count). The molecule has 9 nitrogen and oxygen atoms in total. The van der Waals surface area contributed by atoms with E-state index in [2.05, 4.69) is 16.5 Å². The Morgan fingerprint density at radius 1 is 1.22 bits per heavy atom. The third kappa shape index (κ3) is 5.54. The quantitative estimate of drug-likeness (QED) is 0.174. The number of benzene rings is 2. The molecule has 1 amide bonds. The van der Waals surface area contributed by atoms with Gasteiger partial charge >= 0.3 is 12.2 Å². The van der Waals surface area contributed by atoms with Crippen molar-refractivity contribution >= 4 is 43.2 Å². The molecule has 0 bridgehead atoms. The highest BCUT2D eigenvalue weighted by Gasteiger charge is 2.49. The monoisotopic (exact) mass is 720 g/mol. The zero-order valence-electron chi connectivity index (χ0n) is 26.0. The molecule has 2 aromatic heterocycles. The molecule has 17 heteroatoms. The van der Waals surface area contributed by atoms with Crippen molar-refractivity contribution < 1.29 is 45.0 Å². The highest BCUT2D eigenvalue weighted by molar-refractivity contribution is 7.23. The number of likely N-dealkylation sites (tertiary alicyclic amines) is 1. The van der Waals surface area contributed by atoms with Gasteiger partial charge in [0.1, 0.15) is 35.2 Å². The van der Waals surface area contributed by atoms with Crippen LogP contribution in [0.25, 0.3) is 32.1 Å². The molecule has 0 spiro atoms. The van der Waals surface area contributed by atoms with Gasteiger partial charge < -0.3 is 20.1 Å². The molecule has 4 aromatic rings. The van der Waals surface area contributed by atoms with Gasteiger partial charge in [0.2, 0.25) is 11.8 Å². The lowest BCUT2D eigenvalue weighted by atomic mass is 9.92. The van der Waals surface area contributed by atoms with Crippen LogP contribution in [0.2, 0.25) is 0 Å². The van der Waals surface area contributed by atoms with Crippen LogP contribution in [0, 0.1) is 23.0 Å². The second-order valence-electron chi connectivity index (χ2n) is 12.6. The van der Waals surface area contributed by atoms with Gasteiger partial charge in [0, 0.05) is 23.9 Å². The van der Waals surface area contributed by atoms with Crippen molar-refractivity contribution in [3.8, 4) is 29.1 Å². The molecule has 3 aliphatic heterocycles. The fraction of sp³-hybridized carbons (Fsp3) is 0.394. The van der Waals surface area contributed by atoms with Crippen molar-refractivity contribution in [1.82, 2.24) is 19.8 Å². The summed E-state index contributed by atoms with van der Waals surface area (Å²) in [6.07, 6.45) is -7.09. The summed E-state index contributed by atoms with van der Waals surface area (Å²) in [6.45, 7) is 3.33. The zero-order chi connectivity index (χ0) is 35.7. The lowest BCUT2D eigenvalue weighted by Gasteiger charge is -2.30. The fourth-order valence-electron chi connectivity index (χ4n) is 7.28. The Morgan fingerprint density at radius 3 is 2.72 bits per heavy atom. The number of nitriles is 1. The smallest absolute Gasteiger partial charge is 0.417 e. The second-order valence-corrected chi connectivity index (χ2v) is 13.6. The normalized spacial score (nSPS) is 23.8. The number of anilines is 1. The molecular formula is C33H27F7N6O3S. The number of halogens is 7. The van der Waals surface area contributed by atoms with E-state index in [0.717, 1.165) is 29.5 Å². The van der Waals surface area contributed by atoms with Gasteiger partial charge in [0.25, 0.3) is 0 Å². The molecule has 50 heavy (non-hydrogen) atoms. The first-order valence-corrected chi connectivity index (χ1v) is 16.3. The Morgan fingerprint density at radius 2 is 2.00 bits per heavy atom. The minimum atomic E-state index is -5.23. The second kappa shape index (κ2) is 12.3. The maximum absolute atomic E-state index is 16.9. The van der Waals surface area contributed by atoms with Crippen molar-refractivity contribution in [3.05, 3.63) is 53.6 Å². The summed E-state index contributed by atoms with van der Waals surface area (Å²) in [5.74, 6) is -3.68. The first-order chi connectivity index (χ1) is 23.7. The Bertz CT molecular complexity index is 2100. The molecule has 3 saturated heterocycles. The van der Waals surface area contributed by atoms with E-state index < -0.39 is 93.7 Å². The highest BCUT2D eigenvalue weighted by Crippen LogP contribution is 2.48. The number of fused-ring (bicyclic) bond motifs is 3. The van der Waals surface area contributed by atoms with Crippen LogP contribution in [0.1, 0.15) is 30.4 Å². The van der Waals surface area contributed by atoms with E-state index in [0.29, 0.717) is 30.4 Å². The van der Waals surface area contributed by atoms with Gasteiger partial charge in [-0.1, -0.05) is 12.6 Å². The molecule has 0 saturated carbocycles. The molecule has 262 valence electrons. The average Bonchev–Trinajstić information content (AvgIpc) is 3.80. The van der Waals surface area contributed by atoms with Gasteiger partial charge in [0.15, 0.2) is 18.1 Å². The minimum Gasteiger partial charge on any atom is -0.469 e. The van der Waals surface area contributed by atoms with Crippen LogP contribution < -0.4 is 15.2 Å². The topological polar surface area (TPSA) is 118 Å². The Hall–Kier alpha value is -4.69. The van der Waals surface area contributed by atoms with E-state index in [1.807, 2.05) is 4.90 Å². The minimum absolute atomic E-state index is 0.136. The number of carbonyl (C=O) groups excluding carboxylic acids is 1. The van der Waals surface area contributed by atoms with Crippen LogP contribution in [0.5, 0.6) is 11.9 Å². The van der Waals surface area contributed by atoms with Gasteiger partial charge in [-0.05, 0) is 43.2 Å². The van der Waals surface area contributed by atoms with E-state index in [1.54, 1.807) is 6.07 Å². The maximum atomic E-state index is 16.9. The predicted molar refractivity (Wildman–Crippen MR) is 169 cm³/mol. The van der Waals surface area contributed by atoms with E-state index in [4.69, 9.17) is 15.2 Å². The van der Waals surface area contributed by atoms with Crippen molar-refractivity contribution in [2.24, 2.45) is 0 Å². The Labute approximate surface area is 283 Å². The van der Waals surface area contributed by atoms with Crippen LogP contribution in [0.4, 0.5) is 35.7 Å². The van der Waals surface area contributed by atoms with Crippen molar-refractivity contribution in [2.45, 2.75) is 49.4 Å². The molecule has 3 fully saturated rings. The van der Waals surface area contributed by atoms with Gasteiger partial charge in [-0.25, -0.2) is 17.6 Å². The van der Waals surface area contributed by atoms with Crippen LogP contribution in [-0.4, -0.2) is 82.4 Å². The number of rotatable bonds is 7. The summed E-state index contributed by atoms with van der Waals surface area (Å²) < 4.78 is 117. The zero-order valence-corrected chi connectivity index (χ0v) is 26.8. The number of amides is 1. The standard InChI is InChI=1S/C33H27F7N6O3S/c1-2-23(47)45-12-21(36)22(13-45)49-30-17-8-19(33(38,39)40)25(16-4-5-20(35)28-24(16)18(10-41)29(42)50-28)26(37)27(17)43-31(44-30)48-14-32-6-3-7-46(32)11-15(34)9-32/h2,4-5,8,15,21-22H,1,3,6-7,9,11-14,42H2. The number of nitrogens with two attached hydrogens (primary N) is 1. The molecule has 4 atom stereocenters. The molecule has 5 heterocycles. The predicted octanol–water partition coefficient (Wildman–Crippen LogP) is 6.33. The number of nitrogens with zero attached hydrogens (tertiary/aromatic N) is 5. The van der Waals surface area contributed by atoms with Crippen molar-refractivity contribution in [1.29, 1.82) is 5.26 Å². The summed E-state index contributed by atoms with van der Waals surface area (Å²) in [5.41, 5.74) is 1.07. The molecular weight excluding hydrogens is 693 g/mol. The number of nitrogen functional groups attached to an aromatic ring is 1. The molecule has 3 aliphatic rings. The summed E-state index contributed by atoms with van der Waals surface area (Å²) in [6, 6.07) is 3.51. The number of alkyl halides is 5. The van der Waals surface area contributed by atoms with Crippen LogP contribution >= 0.6 is 11.3 Å². The molecule has 2 aromatic carbocycles. The van der Waals surface area contributed by atoms with Crippen molar-refractivity contribution in [3.63, 3.8) is 0 Å². The van der Waals surface area contributed by atoms with Crippen molar-refractivity contribution in [2.75, 3.05) is 38.5 Å². The summed E-state index contributed by atoms with van der Waals surface area (Å²) in [7, 11) is 0. The van der Waals surface area contributed by atoms with E-state index >= 15 is 8.78 Å². The molecule has 0 aliphatic carbocycles. The third-order valence-corrected chi connectivity index (χ3v) is 10.6. The average molecular weight is 721 g/mol. The Balaban J connectivity index is 1.42. The van der Waals surface area contributed by atoms with Crippen LogP contribution in [-0.2, 0) is 11.0 Å². The molecule has 0 radical (unpaired) electrons. The molecule has 4 unspecified atom stereocenters. The van der Waals surface area contributed by atoms with Gasteiger partial charge in [-0.2, -0.15) is 28.4 Å². The largest absolute Gasteiger partial charge is 0.469 e. The van der Waals surface area contributed by atoms with Crippen LogP contribution in [0.15, 0.2) is 30.9 Å². The maximum Gasteiger partial charge on any atom is 0.417 e. The van der Waals surface area contributed by atoms with Gasteiger partial charge in [-0.3, -0.25) is 9.69 Å².